The van der Waals surface area contributed by atoms with E-state index in [4.69, 9.17) is 25.8 Å². The number of nitrogens with zero attached hydrogens (tertiary/aromatic N) is 1. The number of amides is 1. The molecule has 2 aromatic carbocycles. The molecule has 1 N–H and O–H groups in total. The third-order valence-electron chi connectivity index (χ3n) is 3.80. The van der Waals surface area contributed by atoms with E-state index < -0.39 is 0 Å². The molecule has 0 aliphatic carbocycles. The van der Waals surface area contributed by atoms with Crippen LogP contribution in [0.4, 0.5) is 5.69 Å². The highest BCUT2D eigenvalue weighted by atomic mass is 35.5. The van der Waals surface area contributed by atoms with Gasteiger partial charge in [-0.3, -0.25) is 4.79 Å². The quantitative estimate of drug-likeness (QED) is 0.642. The monoisotopic (exact) mass is 404 g/mol. The van der Waals surface area contributed by atoms with Crippen molar-refractivity contribution < 1.29 is 19.0 Å². The normalized spacial score (nSPS) is 10.4. The maximum absolute atomic E-state index is 12.6. The van der Waals surface area contributed by atoms with Crippen LogP contribution in [0, 0.1) is 0 Å². The molecule has 0 unspecified atom stereocenters. The van der Waals surface area contributed by atoms with E-state index in [1.54, 1.807) is 24.6 Å². The highest BCUT2D eigenvalue weighted by molar-refractivity contribution is 7.13. The molecule has 1 aromatic heterocycles. The van der Waals surface area contributed by atoms with Crippen molar-refractivity contribution in [1.29, 1.82) is 0 Å². The lowest BCUT2D eigenvalue weighted by Gasteiger charge is -2.12. The number of methoxy groups -OCH3 is 3. The van der Waals surface area contributed by atoms with Crippen LogP contribution in [-0.4, -0.2) is 32.2 Å². The number of hydrogen-bond acceptors (Lipinski definition) is 6. The zero-order chi connectivity index (χ0) is 19.4. The summed E-state index contributed by atoms with van der Waals surface area (Å²) in [6.07, 6.45) is 0. The van der Waals surface area contributed by atoms with Crippen molar-refractivity contribution in [2.45, 2.75) is 0 Å². The van der Waals surface area contributed by atoms with Crippen molar-refractivity contribution in [3.8, 4) is 27.8 Å². The Morgan fingerprint density at radius 3 is 2.44 bits per heavy atom. The number of benzene rings is 2. The largest absolute Gasteiger partial charge is 0.496 e. The van der Waals surface area contributed by atoms with Gasteiger partial charge in [0.2, 0.25) is 0 Å². The fourth-order valence-electron chi connectivity index (χ4n) is 2.47. The molecule has 0 aliphatic rings. The molecule has 3 rings (SSSR count). The Labute approximate surface area is 165 Å². The van der Waals surface area contributed by atoms with Crippen molar-refractivity contribution in [3.63, 3.8) is 0 Å². The van der Waals surface area contributed by atoms with E-state index in [2.05, 4.69) is 10.3 Å². The van der Waals surface area contributed by atoms with E-state index in [9.17, 15) is 4.79 Å². The summed E-state index contributed by atoms with van der Waals surface area (Å²) >= 11 is 7.46. The van der Waals surface area contributed by atoms with Crippen LogP contribution < -0.4 is 19.5 Å². The molecular formula is C19H17ClN2O4S. The molecule has 1 heterocycles. The summed E-state index contributed by atoms with van der Waals surface area (Å²) in [5.74, 6) is 1.19. The van der Waals surface area contributed by atoms with E-state index in [0.717, 1.165) is 5.56 Å². The third kappa shape index (κ3) is 3.99. The number of hydrogen-bond donors (Lipinski definition) is 1. The summed E-state index contributed by atoms with van der Waals surface area (Å²) in [5.41, 5.74) is 1.56. The summed E-state index contributed by atoms with van der Waals surface area (Å²) < 4.78 is 15.8. The minimum atomic E-state index is -0.366. The van der Waals surface area contributed by atoms with Crippen LogP contribution in [0.3, 0.4) is 0 Å². The SMILES string of the molecule is COc1cc(NC(=O)c2csc(-c3ccccc3OC)n2)c(OC)cc1Cl. The molecule has 140 valence electrons. The molecule has 27 heavy (non-hydrogen) atoms. The minimum Gasteiger partial charge on any atom is -0.496 e. The lowest BCUT2D eigenvalue weighted by atomic mass is 10.2. The summed E-state index contributed by atoms with van der Waals surface area (Å²) in [6.45, 7) is 0. The number of thiazole rings is 1. The fourth-order valence-corrected chi connectivity index (χ4v) is 3.53. The third-order valence-corrected chi connectivity index (χ3v) is 4.97. The zero-order valence-corrected chi connectivity index (χ0v) is 16.5. The van der Waals surface area contributed by atoms with Crippen molar-refractivity contribution in [1.82, 2.24) is 4.98 Å². The predicted octanol–water partition coefficient (Wildman–Crippen LogP) is 4.74. The highest BCUT2D eigenvalue weighted by Gasteiger charge is 2.17. The van der Waals surface area contributed by atoms with E-state index in [1.165, 1.54) is 25.6 Å². The van der Waals surface area contributed by atoms with Crippen LogP contribution in [0.25, 0.3) is 10.6 Å². The molecule has 1 amide bonds. The number of anilines is 1. The molecule has 0 saturated carbocycles. The molecule has 8 heteroatoms. The second kappa shape index (κ2) is 8.28. The Morgan fingerprint density at radius 1 is 1.04 bits per heavy atom. The smallest absolute Gasteiger partial charge is 0.275 e. The Hall–Kier alpha value is -2.77. The average molecular weight is 405 g/mol. The number of carbonyl (C=O) groups is 1. The Kier molecular flexibility index (Phi) is 5.83. The molecular weight excluding hydrogens is 388 g/mol. The molecule has 0 saturated heterocycles. The molecule has 3 aromatic rings. The molecule has 0 bridgehead atoms. The van der Waals surface area contributed by atoms with Crippen molar-refractivity contribution in [2.24, 2.45) is 0 Å². The molecule has 0 atom stereocenters. The summed E-state index contributed by atoms with van der Waals surface area (Å²) in [5, 5.41) is 5.56. The van der Waals surface area contributed by atoms with Crippen molar-refractivity contribution >= 4 is 34.5 Å². The topological polar surface area (TPSA) is 69.7 Å². The van der Waals surface area contributed by atoms with Gasteiger partial charge in [0.1, 0.15) is 28.0 Å². The maximum atomic E-state index is 12.6. The summed E-state index contributed by atoms with van der Waals surface area (Å²) in [6, 6.07) is 10.7. The first-order valence-corrected chi connectivity index (χ1v) is 9.15. The van der Waals surface area contributed by atoms with Gasteiger partial charge in [-0.25, -0.2) is 4.98 Å². The lowest BCUT2D eigenvalue weighted by molar-refractivity contribution is 0.102. The first-order chi connectivity index (χ1) is 13.1. The molecule has 0 aliphatic heterocycles. The number of aromatic nitrogens is 1. The number of halogens is 1. The number of nitrogens with one attached hydrogen (secondary N) is 1. The van der Waals surface area contributed by atoms with E-state index in [0.29, 0.717) is 33.0 Å². The van der Waals surface area contributed by atoms with Crippen molar-refractivity contribution in [3.05, 3.63) is 52.5 Å². The van der Waals surface area contributed by atoms with Gasteiger partial charge in [0.15, 0.2) is 0 Å². The second-order valence-electron chi connectivity index (χ2n) is 5.38. The number of para-hydroxylation sites is 1. The fraction of sp³-hybridized carbons (Fsp3) is 0.158. The number of ether oxygens (including phenoxy) is 3. The molecule has 0 fully saturated rings. The first-order valence-electron chi connectivity index (χ1n) is 7.89. The van der Waals surface area contributed by atoms with Crippen LogP contribution in [0.5, 0.6) is 17.2 Å². The average Bonchev–Trinajstić information content (AvgIpc) is 3.19. The van der Waals surface area contributed by atoms with Gasteiger partial charge in [-0.05, 0) is 12.1 Å². The maximum Gasteiger partial charge on any atom is 0.275 e. The lowest BCUT2D eigenvalue weighted by Crippen LogP contribution is -2.13. The van der Waals surface area contributed by atoms with Gasteiger partial charge >= 0.3 is 0 Å². The standard InChI is InChI=1S/C19H17ClN2O4S/c1-24-15-7-5-4-6-11(15)19-22-14(10-27-19)18(23)21-13-9-16(25-2)12(20)8-17(13)26-3/h4-10H,1-3H3,(H,21,23). The molecule has 0 spiro atoms. The van der Waals surface area contributed by atoms with Gasteiger partial charge in [-0.15, -0.1) is 11.3 Å². The van der Waals surface area contributed by atoms with Gasteiger partial charge in [-0.1, -0.05) is 23.7 Å². The van der Waals surface area contributed by atoms with Gasteiger partial charge in [0.05, 0.1) is 37.6 Å². The highest BCUT2D eigenvalue weighted by Crippen LogP contribution is 2.36. The van der Waals surface area contributed by atoms with Crippen LogP contribution in [0.1, 0.15) is 10.5 Å². The molecule has 0 radical (unpaired) electrons. The van der Waals surface area contributed by atoms with Crippen LogP contribution in [-0.2, 0) is 0 Å². The molecule has 6 nitrogen and oxygen atoms in total. The Morgan fingerprint density at radius 2 is 1.74 bits per heavy atom. The second-order valence-corrected chi connectivity index (χ2v) is 6.64. The Bertz CT molecular complexity index is 974. The number of rotatable bonds is 6. The Balaban J connectivity index is 1.87. The minimum absolute atomic E-state index is 0.289. The zero-order valence-electron chi connectivity index (χ0n) is 14.9. The van der Waals surface area contributed by atoms with Crippen LogP contribution in [0.15, 0.2) is 41.8 Å². The van der Waals surface area contributed by atoms with E-state index >= 15 is 0 Å². The van der Waals surface area contributed by atoms with E-state index in [1.807, 2.05) is 24.3 Å². The summed E-state index contributed by atoms with van der Waals surface area (Å²) in [7, 11) is 4.59. The van der Waals surface area contributed by atoms with Crippen LogP contribution >= 0.6 is 22.9 Å². The van der Waals surface area contributed by atoms with Gasteiger partial charge in [0.25, 0.3) is 5.91 Å². The summed E-state index contributed by atoms with van der Waals surface area (Å²) in [4.78, 5) is 17.1. The first kappa shape index (κ1) is 19.0. The van der Waals surface area contributed by atoms with Crippen molar-refractivity contribution in [2.75, 3.05) is 26.6 Å². The van der Waals surface area contributed by atoms with Crippen LogP contribution in [0.2, 0.25) is 5.02 Å². The van der Waals surface area contributed by atoms with Gasteiger partial charge in [-0.2, -0.15) is 0 Å². The predicted molar refractivity (Wildman–Crippen MR) is 107 cm³/mol. The number of carbonyl (C=O) groups excluding carboxylic acids is 1. The van der Waals surface area contributed by atoms with E-state index in [-0.39, 0.29) is 11.6 Å². The van der Waals surface area contributed by atoms with Gasteiger partial charge in [0, 0.05) is 17.5 Å². The van der Waals surface area contributed by atoms with Gasteiger partial charge < -0.3 is 19.5 Å².